The Labute approximate surface area is 99.6 Å². The number of benzene rings is 1. The molecule has 0 heterocycles. The first kappa shape index (κ1) is 13.2. The molecule has 1 aromatic carbocycles. The quantitative estimate of drug-likeness (QED) is 0.237. The number of carboxylic acid groups (broad SMARTS) is 2. The lowest BCUT2D eigenvalue weighted by molar-refractivity contribution is -0.385. The van der Waals surface area contributed by atoms with Crippen molar-refractivity contribution < 1.29 is 29.8 Å². The summed E-state index contributed by atoms with van der Waals surface area (Å²) in [7, 11) is 0. The Morgan fingerprint density at radius 2 is 1.78 bits per heavy atom. The number of nitro groups is 1. The van der Waals surface area contributed by atoms with Gasteiger partial charge in [0.1, 0.15) is 11.3 Å². The van der Waals surface area contributed by atoms with Gasteiger partial charge >= 0.3 is 11.9 Å². The molecule has 0 bridgehead atoms. The normalized spacial score (nSPS) is 9.56. The van der Waals surface area contributed by atoms with Crippen molar-refractivity contribution in [2.24, 2.45) is 0 Å². The van der Waals surface area contributed by atoms with Crippen molar-refractivity contribution in [3.63, 3.8) is 0 Å². The van der Waals surface area contributed by atoms with Crippen molar-refractivity contribution in [3.8, 4) is 5.75 Å². The largest absolute Gasteiger partial charge is 0.508 e. The maximum Gasteiger partial charge on any atom is 0.343 e. The Morgan fingerprint density at radius 3 is 2.22 bits per heavy atom. The minimum absolute atomic E-state index is 0.224. The van der Waals surface area contributed by atoms with Crippen molar-refractivity contribution in [2.75, 3.05) is 0 Å². The fraction of sp³-hybridized carbons (Fsp3) is 0. The molecular weight excluding hydrogens is 246 g/mol. The molecule has 0 saturated heterocycles. The summed E-state index contributed by atoms with van der Waals surface area (Å²) in [6, 6.07) is 2.94. The third-order valence-corrected chi connectivity index (χ3v) is 1.97. The highest BCUT2D eigenvalue weighted by Gasteiger charge is 2.20. The Morgan fingerprint density at radius 1 is 1.22 bits per heavy atom. The number of carboxylic acids is 2. The van der Waals surface area contributed by atoms with Gasteiger partial charge in [-0.3, -0.25) is 10.1 Å². The molecule has 1 aromatic rings. The number of nitrogens with zero attached hydrogens (tertiary/aromatic N) is 1. The third kappa shape index (κ3) is 2.82. The van der Waals surface area contributed by atoms with Gasteiger partial charge in [0.15, 0.2) is 0 Å². The van der Waals surface area contributed by atoms with E-state index in [-0.39, 0.29) is 11.3 Å². The van der Waals surface area contributed by atoms with Gasteiger partial charge in [0, 0.05) is 0 Å². The molecule has 0 unspecified atom stereocenters. The van der Waals surface area contributed by atoms with E-state index in [2.05, 4.69) is 0 Å². The average molecular weight is 253 g/mol. The van der Waals surface area contributed by atoms with E-state index in [9.17, 15) is 19.7 Å². The van der Waals surface area contributed by atoms with E-state index in [0.717, 1.165) is 18.2 Å². The molecule has 0 aliphatic heterocycles. The number of phenolic OH excluding ortho intramolecular Hbond substituents is 1. The standard InChI is InChI=1S/C10H7NO7/c12-6-2-1-5(8(4-6)11(17)18)3-7(9(13)14)10(15)16/h1-4,12H,(H,13,14)(H,15,16). The van der Waals surface area contributed by atoms with E-state index in [0.29, 0.717) is 6.08 Å². The van der Waals surface area contributed by atoms with E-state index in [1.54, 1.807) is 0 Å². The van der Waals surface area contributed by atoms with Crippen LogP contribution >= 0.6 is 0 Å². The number of nitro benzene ring substituents is 1. The van der Waals surface area contributed by atoms with Crippen molar-refractivity contribution in [3.05, 3.63) is 39.4 Å². The number of hydrogen-bond acceptors (Lipinski definition) is 5. The van der Waals surface area contributed by atoms with Crippen LogP contribution in [-0.2, 0) is 9.59 Å². The van der Waals surface area contributed by atoms with Crippen LogP contribution in [0.25, 0.3) is 6.08 Å². The van der Waals surface area contributed by atoms with E-state index in [1.807, 2.05) is 0 Å². The van der Waals surface area contributed by atoms with Crippen LogP contribution < -0.4 is 0 Å². The second kappa shape index (κ2) is 4.95. The predicted octanol–water partition coefficient (Wildman–Crippen LogP) is 0.853. The second-order valence-corrected chi connectivity index (χ2v) is 3.17. The summed E-state index contributed by atoms with van der Waals surface area (Å²) < 4.78 is 0. The van der Waals surface area contributed by atoms with Crippen molar-refractivity contribution in [2.45, 2.75) is 0 Å². The molecule has 3 N–H and O–H groups in total. The molecule has 0 aromatic heterocycles. The molecule has 0 radical (unpaired) electrons. The van der Waals surface area contributed by atoms with E-state index >= 15 is 0 Å². The Hall–Kier alpha value is -2.90. The lowest BCUT2D eigenvalue weighted by Crippen LogP contribution is -2.11. The van der Waals surface area contributed by atoms with Crippen LogP contribution in [0.2, 0.25) is 0 Å². The van der Waals surface area contributed by atoms with E-state index in [1.165, 1.54) is 0 Å². The van der Waals surface area contributed by atoms with Gasteiger partial charge in [0.2, 0.25) is 0 Å². The average Bonchev–Trinajstić information content (AvgIpc) is 2.25. The minimum atomic E-state index is -1.72. The van der Waals surface area contributed by atoms with Gasteiger partial charge in [-0.25, -0.2) is 9.59 Å². The summed E-state index contributed by atoms with van der Waals surface area (Å²) in [6.45, 7) is 0. The Bertz CT molecular complexity index is 545. The summed E-state index contributed by atoms with van der Waals surface area (Å²) in [5.74, 6) is -3.82. The summed E-state index contributed by atoms with van der Waals surface area (Å²) >= 11 is 0. The van der Waals surface area contributed by atoms with Gasteiger partial charge in [-0.05, 0) is 18.2 Å². The number of aromatic hydroxyl groups is 1. The highest BCUT2D eigenvalue weighted by molar-refractivity contribution is 6.16. The van der Waals surface area contributed by atoms with E-state index in [4.69, 9.17) is 15.3 Å². The van der Waals surface area contributed by atoms with Crippen molar-refractivity contribution in [1.29, 1.82) is 0 Å². The molecule has 8 heteroatoms. The molecule has 0 spiro atoms. The number of rotatable bonds is 4. The Balaban J connectivity index is 3.41. The fourth-order valence-corrected chi connectivity index (χ4v) is 1.18. The van der Waals surface area contributed by atoms with Gasteiger partial charge in [-0.2, -0.15) is 0 Å². The van der Waals surface area contributed by atoms with Crippen LogP contribution in [0, 0.1) is 10.1 Å². The summed E-state index contributed by atoms with van der Waals surface area (Å²) in [6.07, 6.45) is 0.655. The summed E-state index contributed by atoms with van der Waals surface area (Å²) in [5.41, 5.74) is -1.82. The maximum atomic E-state index is 10.7. The minimum Gasteiger partial charge on any atom is -0.508 e. The van der Waals surface area contributed by atoms with Gasteiger partial charge in [0.05, 0.1) is 16.6 Å². The zero-order valence-corrected chi connectivity index (χ0v) is 8.73. The molecule has 0 aliphatic rings. The zero-order valence-electron chi connectivity index (χ0n) is 8.73. The molecule has 94 valence electrons. The highest BCUT2D eigenvalue weighted by Crippen LogP contribution is 2.25. The molecule has 0 atom stereocenters. The van der Waals surface area contributed by atoms with Crippen LogP contribution in [0.1, 0.15) is 5.56 Å². The van der Waals surface area contributed by atoms with Crippen LogP contribution in [0.3, 0.4) is 0 Å². The SMILES string of the molecule is O=C(O)C(=Cc1ccc(O)cc1[N+](=O)[O-])C(=O)O. The molecule has 0 fully saturated rings. The lowest BCUT2D eigenvalue weighted by atomic mass is 10.1. The highest BCUT2D eigenvalue weighted by atomic mass is 16.6. The third-order valence-electron chi connectivity index (χ3n) is 1.97. The first-order chi connectivity index (χ1) is 8.32. The number of aliphatic carboxylic acids is 2. The molecule has 1 rings (SSSR count). The van der Waals surface area contributed by atoms with Crippen LogP contribution in [0.4, 0.5) is 5.69 Å². The first-order valence-electron chi connectivity index (χ1n) is 4.48. The first-order valence-corrected chi connectivity index (χ1v) is 4.48. The van der Waals surface area contributed by atoms with Crippen molar-refractivity contribution >= 4 is 23.7 Å². The van der Waals surface area contributed by atoms with Crippen LogP contribution in [-0.4, -0.2) is 32.2 Å². The van der Waals surface area contributed by atoms with E-state index < -0.39 is 28.1 Å². The number of carbonyl (C=O) groups is 2. The second-order valence-electron chi connectivity index (χ2n) is 3.17. The molecule has 0 aliphatic carbocycles. The topological polar surface area (TPSA) is 138 Å². The number of phenols is 1. The monoisotopic (exact) mass is 253 g/mol. The van der Waals surface area contributed by atoms with Gasteiger partial charge < -0.3 is 15.3 Å². The smallest absolute Gasteiger partial charge is 0.343 e. The number of hydrogen-bond donors (Lipinski definition) is 3. The summed E-state index contributed by atoms with van der Waals surface area (Å²) in [4.78, 5) is 31.1. The Kier molecular flexibility index (Phi) is 3.62. The molecule has 18 heavy (non-hydrogen) atoms. The predicted molar refractivity (Wildman–Crippen MR) is 58.0 cm³/mol. The van der Waals surface area contributed by atoms with Gasteiger partial charge in [-0.1, -0.05) is 0 Å². The lowest BCUT2D eigenvalue weighted by Gasteiger charge is -2.00. The van der Waals surface area contributed by atoms with Crippen LogP contribution in [0.5, 0.6) is 5.75 Å². The zero-order chi connectivity index (χ0) is 13.9. The van der Waals surface area contributed by atoms with Gasteiger partial charge in [-0.15, -0.1) is 0 Å². The molecule has 8 nitrogen and oxygen atoms in total. The maximum absolute atomic E-state index is 10.7. The van der Waals surface area contributed by atoms with Gasteiger partial charge in [0.25, 0.3) is 5.69 Å². The van der Waals surface area contributed by atoms with Crippen molar-refractivity contribution in [1.82, 2.24) is 0 Å². The molecular formula is C10H7NO7. The fourth-order valence-electron chi connectivity index (χ4n) is 1.18. The summed E-state index contributed by atoms with van der Waals surface area (Å²) in [5, 5.41) is 37.0. The van der Waals surface area contributed by atoms with Crippen LogP contribution in [0.15, 0.2) is 23.8 Å². The molecule has 0 amide bonds. The molecule has 0 saturated carbocycles.